The lowest BCUT2D eigenvalue weighted by molar-refractivity contribution is -0.137. The maximum absolute atomic E-state index is 13.0. The third kappa shape index (κ3) is 6.80. The van der Waals surface area contributed by atoms with Gasteiger partial charge in [0, 0.05) is 45.7 Å². The number of likely N-dealkylation sites (tertiary alicyclic amines) is 1. The fourth-order valence-corrected chi connectivity index (χ4v) is 5.22. The maximum atomic E-state index is 13.0. The van der Waals surface area contributed by atoms with Gasteiger partial charge in [-0.2, -0.15) is 13.2 Å². The molecule has 2 aliphatic rings. The molecule has 7 nitrogen and oxygen atoms in total. The van der Waals surface area contributed by atoms with Gasteiger partial charge in [0.2, 0.25) is 15.9 Å². The Hall–Kier alpha value is -1.40. The number of halogens is 4. The van der Waals surface area contributed by atoms with Crippen LogP contribution in [0.1, 0.15) is 24.8 Å². The average Bonchev–Trinajstić information content (AvgIpc) is 2.74. The van der Waals surface area contributed by atoms with E-state index >= 15 is 0 Å². The van der Waals surface area contributed by atoms with E-state index in [0.717, 1.165) is 57.8 Å². The monoisotopic (exact) mass is 497 g/mol. The van der Waals surface area contributed by atoms with E-state index < -0.39 is 31.7 Å². The molecule has 0 radical (unpaired) electrons. The minimum atomic E-state index is -4.77. The van der Waals surface area contributed by atoms with E-state index in [1.54, 1.807) is 4.90 Å². The molecule has 0 aromatic heterocycles. The standard InChI is InChI=1S/C20H27ClF3N3O4S/c21-18-2-1-16(13-17(18)20(22,23)24)32(29,30)25-6-3-19(28)27-7-4-15(5-8-27)14-26-9-11-31-12-10-26/h1-2,13,15,25H,3-12,14H2. The van der Waals surface area contributed by atoms with Crippen molar-refractivity contribution in [3.63, 3.8) is 0 Å². The van der Waals surface area contributed by atoms with Gasteiger partial charge in [-0.25, -0.2) is 13.1 Å². The van der Waals surface area contributed by atoms with Crippen molar-refractivity contribution in [2.75, 3.05) is 52.5 Å². The van der Waals surface area contributed by atoms with E-state index in [-0.39, 0.29) is 18.9 Å². The van der Waals surface area contributed by atoms with Gasteiger partial charge in [-0.05, 0) is 37.0 Å². The molecular weight excluding hydrogens is 471 g/mol. The largest absolute Gasteiger partial charge is 0.417 e. The third-order valence-electron chi connectivity index (χ3n) is 5.77. The molecule has 1 N–H and O–H groups in total. The number of benzene rings is 1. The van der Waals surface area contributed by atoms with Crippen LogP contribution in [0, 0.1) is 5.92 Å². The van der Waals surface area contributed by atoms with Crippen molar-refractivity contribution in [3.05, 3.63) is 28.8 Å². The second-order valence-electron chi connectivity index (χ2n) is 8.02. The van der Waals surface area contributed by atoms with Crippen molar-refractivity contribution >= 4 is 27.5 Å². The number of amides is 1. The summed E-state index contributed by atoms with van der Waals surface area (Å²) >= 11 is 5.53. The van der Waals surface area contributed by atoms with Crippen LogP contribution in [0.2, 0.25) is 5.02 Å². The van der Waals surface area contributed by atoms with Crippen molar-refractivity contribution in [2.24, 2.45) is 5.92 Å². The fraction of sp³-hybridized carbons (Fsp3) is 0.650. The summed E-state index contributed by atoms with van der Waals surface area (Å²) in [6.07, 6.45) is -3.06. The quantitative estimate of drug-likeness (QED) is 0.626. The minimum Gasteiger partial charge on any atom is -0.379 e. The Balaban J connectivity index is 1.45. The van der Waals surface area contributed by atoms with Crippen LogP contribution in [0.15, 0.2) is 23.1 Å². The van der Waals surface area contributed by atoms with Crippen LogP contribution in [0.5, 0.6) is 0 Å². The van der Waals surface area contributed by atoms with Gasteiger partial charge in [-0.15, -0.1) is 0 Å². The maximum Gasteiger partial charge on any atom is 0.417 e. The summed E-state index contributed by atoms with van der Waals surface area (Å²) in [5.74, 6) is 0.341. The summed E-state index contributed by atoms with van der Waals surface area (Å²) in [4.78, 5) is 16.0. The van der Waals surface area contributed by atoms with Gasteiger partial charge in [-0.3, -0.25) is 9.69 Å². The smallest absolute Gasteiger partial charge is 0.379 e. The Kier molecular flexibility index (Phi) is 8.42. The topological polar surface area (TPSA) is 79.0 Å². The first-order valence-electron chi connectivity index (χ1n) is 10.5. The average molecular weight is 498 g/mol. The van der Waals surface area contributed by atoms with Crippen LogP contribution < -0.4 is 4.72 Å². The molecule has 12 heteroatoms. The number of hydrogen-bond donors (Lipinski definition) is 1. The van der Waals surface area contributed by atoms with Crippen LogP contribution in [-0.4, -0.2) is 76.6 Å². The van der Waals surface area contributed by atoms with Gasteiger partial charge in [0.05, 0.1) is 28.7 Å². The number of rotatable bonds is 7. The summed E-state index contributed by atoms with van der Waals surface area (Å²) in [6.45, 7) is 5.39. The van der Waals surface area contributed by atoms with Crippen LogP contribution in [0.4, 0.5) is 13.2 Å². The summed E-state index contributed by atoms with van der Waals surface area (Å²) < 4.78 is 71.2. The number of hydrogen-bond acceptors (Lipinski definition) is 5. The first-order valence-corrected chi connectivity index (χ1v) is 12.4. The number of piperidine rings is 1. The molecule has 0 saturated carbocycles. The Morgan fingerprint density at radius 3 is 2.44 bits per heavy atom. The molecule has 0 unspecified atom stereocenters. The number of carbonyl (C=O) groups excluding carboxylic acids is 1. The highest BCUT2D eigenvalue weighted by molar-refractivity contribution is 7.89. The molecule has 2 fully saturated rings. The predicted octanol–water partition coefficient (Wildman–Crippen LogP) is 2.60. The molecule has 1 aromatic rings. The van der Waals surface area contributed by atoms with E-state index in [0.29, 0.717) is 25.1 Å². The van der Waals surface area contributed by atoms with Crippen LogP contribution >= 0.6 is 11.6 Å². The van der Waals surface area contributed by atoms with E-state index in [2.05, 4.69) is 9.62 Å². The summed E-state index contributed by atoms with van der Waals surface area (Å²) in [6, 6.07) is 2.39. The second-order valence-corrected chi connectivity index (χ2v) is 10.2. The number of nitrogens with one attached hydrogen (secondary N) is 1. The van der Waals surface area contributed by atoms with Crippen LogP contribution in [-0.2, 0) is 25.7 Å². The molecule has 32 heavy (non-hydrogen) atoms. The molecule has 1 amide bonds. The molecule has 0 spiro atoms. The number of morpholine rings is 1. The van der Waals surface area contributed by atoms with Crippen molar-refractivity contribution in [2.45, 2.75) is 30.3 Å². The molecule has 2 aliphatic heterocycles. The predicted molar refractivity (Wildman–Crippen MR) is 113 cm³/mol. The Morgan fingerprint density at radius 1 is 1.16 bits per heavy atom. The highest BCUT2D eigenvalue weighted by atomic mass is 35.5. The molecule has 2 heterocycles. The SMILES string of the molecule is O=C(CCNS(=O)(=O)c1ccc(Cl)c(C(F)(F)F)c1)N1CCC(CN2CCOCC2)CC1. The van der Waals surface area contributed by atoms with E-state index in [1.165, 1.54) is 0 Å². The molecule has 2 saturated heterocycles. The molecule has 1 aromatic carbocycles. The van der Waals surface area contributed by atoms with Gasteiger partial charge >= 0.3 is 6.18 Å². The number of carbonyl (C=O) groups is 1. The van der Waals surface area contributed by atoms with E-state index in [1.807, 2.05) is 0 Å². The summed E-state index contributed by atoms with van der Waals surface area (Å²) in [7, 11) is -4.21. The van der Waals surface area contributed by atoms with Gasteiger partial charge in [-0.1, -0.05) is 11.6 Å². The Bertz CT molecular complexity index is 900. The minimum absolute atomic E-state index is 0.0624. The number of ether oxygens (including phenoxy) is 1. The molecule has 0 atom stereocenters. The Morgan fingerprint density at radius 2 is 1.81 bits per heavy atom. The van der Waals surface area contributed by atoms with E-state index in [4.69, 9.17) is 16.3 Å². The lowest BCUT2D eigenvalue weighted by atomic mass is 9.96. The van der Waals surface area contributed by atoms with Gasteiger partial charge in [0.15, 0.2) is 0 Å². The number of sulfonamides is 1. The number of alkyl halides is 3. The van der Waals surface area contributed by atoms with Crippen molar-refractivity contribution in [1.29, 1.82) is 0 Å². The highest BCUT2D eigenvalue weighted by Crippen LogP contribution is 2.35. The van der Waals surface area contributed by atoms with Crippen LogP contribution in [0.3, 0.4) is 0 Å². The first-order chi connectivity index (χ1) is 15.1. The molecule has 3 rings (SSSR count). The normalized spacial score (nSPS) is 19.3. The second kappa shape index (κ2) is 10.7. The Labute approximate surface area is 190 Å². The lowest BCUT2D eigenvalue weighted by Crippen LogP contribution is -2.44. The lowest BCUT2D eigenvalue weighted by Gasteiger charge is -2.36. The highest BCUT2D eigenvalue weighted by Gasteiger charge is 2.34. The zero-order valence-corrected chi connectivity index (χ0v) is 19.1. The summed E-state index contributed by atoms with van der Waals surface area (Å²) in [5.41, 5.74) is -1.22. The summed E-state index contributed by atoms with van der Waals surface area (Å²) in [5, 5.41) is -0.580. The first kappa shape index (κ1) is 25.2. The van der Waals surface area contributed by atoms with Gasteiger partial charge in [0.25, 0.3) is 0 Å². The van der Waals surface area contributed by atoms with Crippen molar-refractivity contribution < 1.29 is 31.1 Å². The van der Waals surface area contributed by atoms with Gasteiger partial charge in [0.1, 0.15) is 0 Å². The molecule has 0 bridgehead atoms. The van der Waals surface area contributed by atoms with Crippen molar-refractivity contribution in [3.8, 4) is 0 Å². The zero-order chi connectivity index (χ0) is 23.4. The molecule has 180 valence electrons. The molecular formula is C20H27ClF3N3O4S. The van der Waals surface area contributed by atoms with E-state index in [9.17, 15) is 26.4 Å². The third-order valence-corrected chi connectivity index (χ3v) is 7.56. The van der Waals surface area contributed by atoms with Gasteiger partial charge < -0.3 is 9.64 Å². The zero-order valence-electron chi connectivity index (χ0n) is 17.5. The molecule has 0 aliphatic carbocycles. The fourth-order valence-electron chi connectivity index (χ4n) is 3.94. The number of nitrogens with zero attached hydrogens (tertiary/aromatic N) is 2. The van der Waals surface area contributed by atoms with Crippen LogP contribution in [0.25, 0.3) is 0 Å². The van der Waals surface area contributed by atoms with Crippen molar-refractivity contribution in [1.82, 2.24) is 14.5 Å².